The van der Waals surface area contributed by atoms with Crippen molar-refractivity contribution < 1.29 is 0 Å². The molecule has 0 fully saturated rings. The van der Waals surface area contributed by atoms with Gasteiger partial charge in [-0.2, -0.15) is 0 Å². The largest absolute Gasteiger partial charge is 0.338 e. The first-order valence-corrected chi connectivity index (χ1v) is 6.92. The van der Waals surface area contributed by atoms with Gasteiger partial charge in [-0.1, -0.05) is 13.0 Å². The number of nitrogens with zero attached hydrogens (tertiary/aromatic N) is 4. The maximum absolute atomic E-state index is 4.40. The summed E-state index contributed by atoms with van der Waals surface area (Å²) in [4.78, 5) is 15.1. The summed E-state index contributed by atoms with van der Waals surface area (Å²) in [5.41, 5.74) is 2.11. The fourth-order valence-electron chi connectivity index (χ4n) is 1.85. The predicted octanol–water partition coefficient (Wildman–Crippen LogP) is 2.01. The Balaban J connectivity index is 1.92. The van der Waals surface area contributed by atoms with E-state index in [2.05, 4.69) is 27.2 Å². The van der Waals surface area contributed by atoms with E-state index in [1.54, 1.807) is 6.20 Å². The summed E-state index contributed by atoms with van der Waals surface area (Å²) in [5.74, 6) is 0.717. The van der Waals surface area contributed by atoms with E-state index in [0.29, 0.717) is 6.54 Å². The van der Waals surface area contributed by atoms with Crippen LogP contribution in [0.3, 0.4) is 0 Å². The molecule has 0 atom stereocenters. The quantitative estimate of drug-likeness (QED) is 0.781. The fourth-order valence-corrected chi connectivity index (χ4v) is 1.85. The van der Waals surface area contributed by atoms with Crippen molar-refractivity contribution >= 4 is 5.95 Å². The number of hydrogen-bond donors (Lipinski definition) is 1. The third-order valence-electron chi connectivity index (χ3n) is 2.91. The molecule has 0 aliphatic carbocycles. The first-order chi connectivity index (χ1) is 9.79. The number of hydrogen-bond acceptors (Lipinski definition) is 5. The van der Waals surface area contributed by atoms with Gasteiger partial charge in [0.05, 0.1) is 12.2 Å². The lowest BCUT2D eigenvalue weighted by Crippen LogP contribution is -2.20. The van der Waals surface area contributed by atoms with Crippen LogP contribution in [-0.4, -0.2) is 28.5 Å². The minimum Gasteiger partial charge on any atom is -0.338 e. The molecule has 0 bridgehead atoms. The maximum Gasteiger partial charge on any atom is 0.225 e. The zero-order valence-electron chi connectivity index (χ0n) is 12.1. The first kappa shape index (κ1) is 14.4. The van der Waals surface area contributed by atoms with Crippen molar-refractivity contribution in [1.29, 1.82) is 0 Å². The highest BCUT2D eigenvalue weighted by Gasteiger charge is 2.05. The van der Waals surface area contributed by atoms with Gasteiger partial charge in [-0.3, -0.25) is 4.98 Å². The van der Waals surface area contributed by atoms with Crippen molar-refractivity contribution in [3.63, 3.8) is 0 Å². The second-order valence-electron chi connectivity index (χ2n) is 4.75. The zero-order chi connectivity index (χ0) is 14.2. The highest BCUT2D eigenvalue weighted by molar-refractivity contribution is 5.29. The summed E-state index contributed by atoms with van der Waals surface area (Å²) in [5, 5.41) is 3.34. The maximum atomic E-state index is 4.40. The Morgan fingerprint density at radius 3 is 2.60 bits per heavy atom. The molecule has 106 valence electrons. The van der Waals surface area contributed by atoms with Crippen LogP contribution in [0.4, 0.5) is 5.95 Å². The lowest BCUT2D eigenvalue weighted by molar-refractivity contribution is 0.671. The van der Waals surface area contributed by atoms with Gasteiger partial charge in [0.2, 0.25) is 5.95 Å². The molecule has 2 heterocycles. The summed E-state index contributed by atoms with van der Waals surface area (Å²) < 4.78 is 0. The molecule has 2 rings (SSSR count). The zero-order valence-corrected chi connectivity index (χ0v) is 12.1. The Morgan fingerprint density at radius 1 is 1.15 bits per heavy atom. The van der Waals surface area contributed by atoms with E-state index in [1.165, 1.54) is 0 Å². The molecule has 0 aliphatic heterocycles. The molecular formula is C15H21N5. The second-order valence-corrected chi connectivity index (χ2v) is 4.75. The molecule has 0 aliphatic rings. The van der Waals surface area contributed by atoms with Gasteiger partial charge in [0.25, 0.3) is 0 Å². The third-order valence-corrected chi connectivity index (χ3v) is 2.91. The van der Waals surface area contributed by atoms with Crippen LogP contribution in [0.2, 0.25) is 0 Å². The van der Waals surface area contributed by atoms with Crippen LogP contribution in [0.15, 0.2) is 36.8 Å². The topological polar surface area (TPSA) is 53.9 Å². The molecule has 5 heteroatoms. The van der Waals surface area contributed by atoms with Crippen molar-refractivity contribution in [2.45, 2.75) is 26.4 Å². The normalized spacial score (nSPS) is 10.5. The number of nitrogens with one attached hydrogen (secondary N) is 1. The minimum atomic E-state index is 0.703. The van der Waals surface area contributed by atoms with Crippen LogP contribution in [0.5, 0.6) is 0 Å². The van der Waals surface area contributed by atoms with Gasteiger partial charge in [0.1, 0.15) is 0 Å². The minimum absolute atomic E-state index is 0.703. The van der Waals surface area contributed by atoms with E-state index in [0.717, 1.165) is 36.7 Å². The number of pyridine rings is 1. The van der Waals surface area contributed by atoms with Crippen LogP contribution in [-0.2, 0) is 13.1 Å². The van der Waals surface area contributed by atoms with Gasteiger partial charge < -0.3 is 10.2 Å². The van der Waals surface area contributed by atoms with Crippen molar-refractivity contribution in [2.24, 2.45) is 0 Å². The average Bonchev–Trinajstić information content (AvgIpc) is 2.49. The third kappa shape index (κ3) is 4.28. The van der Waals surface area contributed by atoms with Crippen LogP contribution >= 0.6 is 0 Å². The van der Waals surface area contributed by atoms with E-state index < -0.39 is 0 Å². The number of aromatic nitrogens is 3. The molecule has 0 radical (unpaired) electrons. The summed E-state index contributed by atoms with van der Waals surface area (Å²) in [6.45, 7) is 4.69. The molecule has 2 aromatic heterocycles. The Morgan fingerprint density at radius 2 is 1.95 bits per heavy atom. The van der Waals surface area contributed by atoms with Gasteiger partial charge in [-0.25, -0.2) is 9.97 Å². The fraction of sp³-hybridized carbons (Fsp3) is 0.400. The predicted molar refractivity (Wildman–Crippen MR) is 80.4 cm³/mol. The van der Waals surface area contributed by atoms with E-state index in [9.17, 15) is 0 Å². The van der Waals surface area contributed by atoms with Crippen molar-refractivity contribution in [1.82, 2.24) is 20.3 Å². The van der Waals surface area contributed by atoms with E-state index >= 15 is 0 Å². The molecule has 2 aromatic rings. The molecule has 5 nitrogen and oxygen atoms in total. The van der Waals surface area contributed by atoms with E-state index in [-0.39, 0.29) is 0 Å². The number of rotatable bonds is 7. The molecule has 0 unspecified atom stereocenters. The Kier molecular flexibility index (Phi) is 5.43. The summed E-state index contributed by atoms with van der Waals surface area (Å²) in [7, 11) is 1.97. The van der Waals surface area contributed by atoms with Crippen LogP contribution in [0.1, 0.15) is 24.6 Å². The van der Waals surface area contributed by atoms with Crippen molar-refractivity contribution in [3.05, 3.63) is 48.0 Å². The Hall–Kier alpha value is -2.01. The standard InChI is InChI=1S/C15H21N5/c1-3-7-16-9-13-10-18-15(19-11-13)20(2)12-14-6-4-5-8-17-14/h4-6,8,10-11,16H,3,7,9,12H2,1-2H3. The van der Waals surface area contributed by atoms with Gasteiger partial charge in [0.15, 0.2) is 0 Å². The Bertz CT molecular complexity index is 497. The summed E-state index contributed by atoms with van der Waals surface area (Å²) >= 11 is 0. The van der Waals surface area contributed by atoms with E-state index in [1.807, 2.05) is 42.5 Å². The lowest BCUT2D eigenvalue weighted by Gasteiger charge is -2.16. The van der Waals surface area contributed by atoms with E-state index in [4.69, 9.17) is 0 Å². The highest BCUT2D eigenvalue weighted by Crippen LogP contribution is 2.08. The summed E-state index contributed by atoms with van der Waals surface area (Å²) in [6.07, 6.45) is 6.68. The molecule has 0 saturated carbocycles. The van der Waals surface area contributed by atoms with Crippen LogP contribution in [0, 0.1) is 0 Å². The smallest absolute Gasteiger partial charge is 0.225 e. The van der Waals surface area contributed by atoms with Crippen LogP contribution < -0.4 is 10.2 Å². The lowest BCUT2D eigenvalue weighted by atomic mass is 10.3. The molecule has 0 saturated heterocycles. The molecular weight excluding hydrogens is 250 g/mol. The number of anilines is 1. The first-order valence-electron chi connectivity index (χ1n) is 6.92. The summed E-state index contributed by atoms with van der Waals surface area (Å²) in [6, 6.07) is 5.90. The van der Waals surface area contributed by atoms with Gasteiger partial charge in [-0.15, -0.1) is 0 Å². The molecule has 0 aromatic carbocycles. The monoisotopic (exact) mass is 271 g/mol. The average molecular weight is 271 g/mol. The SMILES string of the molecule is CCCNCc1cnc(N(C)Cc2ccccn2)nc1. The molecule has 0 spiro atoms. The molecule has 1 N–H and O–H groups in total. The van der Waals surface area contributed by atoms with Gasteiger partial charge in [-0.05, 0) is 25.1 Å². The van der Waals surface area contributed by atoms with Gasteiger partial charge >= 0.3 is 0 Å². The second kappa shape index (κ2) is 7.55. The molecule has 0 amide bonds. The highest BCUT2D eigenvalue weighted by atomic mass is 15.2. The molecule has 20 heavy (non-hydrogen) atoms. The van der Waals surface area contributed by atoms with Gasteiger partial charge in [0, 0.05) is 37.7 Å². The van der Waals surface area contributed by atoms with Crippen molar-refractivity contribution in [3.8, 4) is 0 Å². The van der Waals surface area contributed by atoms with Crippen LogP contribution in [0.25, 0.3) is 0 Å². The Labute approximate surface area is 120 Å². The van der Waals surface area contributed by atoms with Crippen molar-refractivity contribution in [2.75, 3.05) is 18.5 Å².